The van der Waals surface area contributed by atoms with Gasteiger partial charge in [-0.1, -0.05) is 30.3 Å². The number of nitrogens with zero attached hydrogens (tertiary/aromatic N) is 1. The van der Waals surface area contributed by atoms with Crippen LogP contribution in [-0.2, 0) is 29.2 Å². The van der Waals surface area contributed by atoms with E-state index in [1.807, 2.05) is 30.3 Å². The van der Waals surface area contributed by atoms with Crippen molar-refractivity contribution in [3.05, 3.63) is 70.8 Å². The Morgan fingerprint density at radius 2 is 1.57 bits per heavy atom. The van der Waals surface area contributed by atoms with Crippen molar-refractivity contribution in [2.45, 2.75) is 24.5 Å². The summed E-state index contributed by atoms with van der Waals surface area (Å²) >= 11 is 5.26. The van der Waals surface area contributed by atoms with Crippen molar-refractivity contribution < 1.29 is 31.1 Å². The molecule has 1 N–H and O–H groups in total. The van der Waals surface area contributed by atoms with Gasteiger partial charge in [-0.15, -0.1) is 0 Å². The molecule has 1 atom stereocenters. The van der Waals surface area contributed by atoms with E-state index in [0.717, 1.165) is 5.56 Å². The van der Waals surface area contributed by atoms with Gasteiger partial charge in [-0.25, -0.2) is 0 Å². The molecule has 0 saturated carbocycles. The summed E-state index contributed by atoms with van der Waals surface area (Å²) in [6, 6.07) is 10.6. The highest BCUT2D eigenvalue weighted by atomic mass is 32.1. The van der Waals surface area contributed by atoms with Crippen molar-refractivity contribution in [2.75, 3.05) is 20.2 Å². The fourth-order valence-corrected chi connectivity index (χ4v) is 3.61. The Bertz CT molecular complexity index is 883. The summed E-state index contributed by atoms with van der Waals surface area (Å²) in [5.41, 5.74) is -2.87. The van der Waals surface area contributed by atoms with Gasteiger partial charge in [0.1, 0.15) is 5.54 Å². The van der Waals surface area contributed by atoms with Crippen LogP contribution in [0.2, 0.25) is 0 Å². The third-order valence-corrected chi connectivity index (χ3v) is 5.20. The van der Waals surface area contributed by atoms with Crippen molar-refractivity contribution in [3.63, 3.8) is 0 Å². The second-order valence-electron chi connectivity index (χ2n) is 7.14. The molecule has 0 unspecified atom stereocenters. The van der Waals surface area contributed by atoms with Crippen LogP contribution in [-0.4, -0.2) is 30.2 Å². The fraction of sp³-hybridized carbons (Fsp3) is 0.350. The van der Waals surface area contributed by atoms with E-state index in [4.69, 9.17) is 17.0 Å². The summed E-state index contributed by atoms with van der Waals surface area (Å²) in [5.74, 6) is 0. The van der Waals surface area contributed by atoms with Crippen LogP contribution in [0.1, 0.15) is 22.3 Å². The number of ether oxygens (including phenoxy) is 1. The summed E-state index contributed by atoms with van der Waals surface area (Å²) in [7, 11) is 1.78. The molecule has 3 nitrogen and oxygen atoms in total. The first-order chi connectivity index (χ1) is 13.9. The summed E-state index contributed by atoms with van der Waals surface area (Å²) in [6.07, 6.45) is -9.80. The molecule has 1 heterocycles. The molecule has 2 aromatic carbocycles. The molecule has 162 valence electrons. The average molecular weight is 448 g/mol. The lowest BCUT2D eigenvalue weighted by Gasteiger charge is -2.29. The Hall–Kier alpha value is -2.33. The van der Waals surface area contributed by atoms with Crippen LogP contribution in [0.15, 0.2) is 48.5 Å². The van der Waals surface area contributed by atoms with Gasteiger partial charge in [0, 0.05) is 13.6 Å². The van der Waals surface area contributed by atoms with Gasteiger partial charge in [-0.2, -0.15) is 26.3 Å². The fourth-order valence-electron chi connectivity index (χ4n) is 3.35. The molecule has 1 saturated heterocycles. The maximum Gasteiger partial charge on any atom is 0.416 e. The first-order valence-corrected chi connectivity index (χ1v) is 9.26. The van der Waals surface area contributed by atoms with Crippen LogP contribution in [0.5, 0.6) is 0 Å². The van der Waals surface area contributed by atoms with Crippen molar-refractivity contribution in [1.29, 1.82) is 0 Å². The molecule has 30 heavy (non-hydrogen) atoms. The molecule has 0 bridgehead atoms. The van der Waals surface area contributed by atoms with E-state index in [1.54, 1.807) is 11.9 Å². The zero-order valence-corrected chi connectivity index (χ0v) is 16.6. The number of halogens is 6. The van der Waals surface area contributed by atoms with E-state index in [-0.39, 0.29) is 18.2 Å². The molecule has 10 heteroatoms. The number of hydrogen-bond donors (Lipinski definition) is 1. The van der Waals surface area contributed by atoms with E-state index in [1.165, 1.54) is 0 Å². The largest absolute Gasteiger partial charge is 0.416 e. The van der Waals surface area contributed by atoms with Crippen LogP contribution < -0.4 is 5.32 Å². The predicted octanol–water partition coefficient (Wildman–Crippen LogP) is 4.96. The standard InChI is InChI=1S/C20H18F6N2OS/c1-28-11-18(27-17(28)30,14-5-3-2-4-6-14)12-29-10-13-7-15(19(21,22)23)9-16(8-13)20(24,25)26/h2-9H,10-12H2,1H3,(H,27,30)/t18-/m1/s1. The topological polar surface area (TPSA) is 24.5 Å². The number of hydrogen-bond acceptors (Lipinski definition) is 2. The molecule has 2 aromatic rings. The predicted molar refractivity (Wildman–Crippen MR) is 103 cm³/mol. The number of thiocarbonyl (C=S) groups is 1. The van der Waals surface area contributed by atoms with Gasteiger partial charge < -0.3 is 15.0 Å². The van der Waals surface area contributed by atoms with Crippen LogP contribution in [0.4, 0.5) is 26.3 Å². The van der Waals surface area contributed by atoms with Gasteiger partial charge in [0.25, 0.3) is 0 Å². The quantitative estimate of drug-likeness (QED) is 0.517. The van der Waals surface area contributed by atoms with Gasteiger partial charge in [0.15, 0.2) is 5.11 Å². The highest BCUT2D eigenvalue weighted by Crippen LogP contribution is 2.36. The van der Waals surface area contributed by atoms with Crippen molar-refractivity contribution >= 4 is 17.3 Å². The molecule has 1 fully saturated rings. The molecular weight excluding hydrogens is 430 g/mol. The molecule has 3 rings (SSSR count). The van der Waals surface area contributed by atoms with Crippen molar-refractivity contribution in [3.8, 4) is 0 Å². The molecule has 0 amide bonds. The molecule has 0 aliphatic carbocycles. The van der Waals surface area contributed by atoms with E-state index in [2.05, 4.69) is 5.32 Å². The Morgan fingerprint density at radius 3 is 2.03 bits per heavy atom. The van der Waals surface area contributed by atoms with Gasteiger partial charge in [-0.3, -0.25) is 0 Å². The third-order valence-electron chi connectivity index (χ3n) is 4.79. The molecular formula is C20H18F6N2OS. The van der Waals surface area contributed by atoms with Crippen molar-refractivity contribution in [1.82, 2.24) is 10.2 Å². The summed E-state index contributed by atoms with van der Waals surface area (Å²) in [5, 5.41) is 3.64. The number of rotatable bonds is 5. The molecule has 0 spiro atoms. The Balaban J connectivity index is 1.83. The number of alkyl halides is 6. The normalized spacial score (nSPS) is 19.8. The van der Waals surface area contributed by atoms with E-state index < -0.39 is 35.6 Å². The smallest absolute Gasteiger partial charge is 0.374 e. The maximum atomic E-state index is 13.0. The Morgan fingerprint density at radius 1 is 1.00 bits per heavy atom. The van der Waals surface area contributed by atoms with E-state index >= 15 is 0 Å². The lowest BCUT2D eigenvalue weighted by Crippen LogP contribution is -2.44. The van der Waals surface area contributed by atoms with Gasteiger partial charge >= 0.3 is 12.4 Å². The lowest BCUT2D eigenvalue weighted by atomic mass is 9.91. The Kier molecular flexibility index (Phi) is 6.01. The number of likely N-dealkylation sites (N-methyl/N-ethyl adjacent to an activating group) is 1. The van der Waals surface area contributed by atoms with Crippen LogP contribution in [0.25, 0.3) is 0 Å². The first-order valence-electron chi connectivity index (χ1n) is 8.86. The SMILES string of the molecule is CN1C[C@@](COCc2cc(C(F)(F)F)cc(C(F)(F)F)c2)(c2ccccc2)NC1=S. The van der Waals surface area contributed by atoms with E-state index in [9.17, 15) is 26.3 Å². The van der Waals surface area contributed by atoms with Gasteiger partial charge in [-0.05, 0) is 41.5 Å². The van der Waals surface area contributed by atoms with Gasteiger partial charge in [0.2, 0.25) is 0 Å². The summed E-state index contributed by atoms with van der Waals surface area (Å²) in [6.45, 7) is 0.0189. The lowest BCUT2D eigenvalue weighted by molar-refractivity contribution is -0.143. The van der Waals surface area contributed by atoms with E-state index in [0.29, 0.717) is 23.8 Å². The molecule has 0 radical (unpaired) electrons. The highest BCUT2D eigenvalue weighted by Gasteiger charge is 2.41. The van der Waals surface area contributed by atoms with Crippen LogP contribution >= 0.6 is 12.2 Å². The number of benzene rings is 2. The summed E-state index contributed by atoms with van der Waals surface area (Å²) < 4.78 is 83.8. The third kappa shape index (κ3) is 4.86. The summed E-state index contributed by atoms with van der Waals surface area (Å²) in [4.78, 5) is 1.79. The molecule has 1 aliphatic rings. The molecule has 1 aliphatic heterocycles. The highest BCUT2D eigenvalue weighted by molar-refractivity contribution is 7.80. The zero-order valence-electron chi connectivity index (χ0n) is 15.8. The first kappa shape index (κ1) is 22.4. The maximum absolute atomic E-state index is 13.0. The average Bonchev–Trinajstić information content (AvgIpc) is 2.96. The van der Waals surface area contributed by atoms with Crippen molar-refractivity contribution in [2.24, 2.45) is 0 Å². The van der Waals surface area contributed by atoms with Crippen LogP contribution in [0.3, 0.4) is 0 Å². The minimum Gasteiger partial charge on any atom is -0.374 e. The molecule has 0 aromatic heterocycles. The number of nitrogens with one attached hydrogen (secondary N) is 1. The Labute approximate surface area is 174 Å². The zero-order chi connectivity index (χ0) is 22.2. The second kappa shape index (κ2) is 8.07. The minimum atomic E-state index is -4.90. The van der Waals surface area contributed by atoms with Gasteiger partial charge in [0.05, 0.1) is 24.3 Å². The second-order valence-corrected chi connectivity index (χ2v) is 7.53. The van der Waals surface area contributed by atoms with Crippen LogP contribution in [0, 0.1) is 0 Å². The monoisotopic (exact) mass is 448 g/mol. The minimum absolute atomic E-state index is 0.000903.